The Kier molecular flexibility index (Phi) is 3.65. The van der Waals surface area contributed by atoms with Crippen molar-refractivity contribution >= 4 is 11.5 Å². The number of methoxy groups -OCH3 is 1. The molecule has 0 radical (unpaired) electrons. The lowest BCUT2D eigenvalue weighted by Gasteiger charge is -2.17. The van der Waals surface area contributed by atoms with Gasteiger partial charge in [0.15, 0.2) is 5.78 Å². The van der Waals surface area contributed by atoms with E-state index >= 15 is 0 Å². The quantitative estimate of drug-likeness (QED) is 0.693. The molecule has 0 amide bonds. The van der Waals surface area contributed by atoms with Crippen LogP contribution < -0.4 is 10.5 Å². The molecule has 21 heavy (non-hydrogen) atoms. The van der Waals surface area contributed by atoms with E-state index in [4.69, 9.17) is 10.5 Å². The number of carbonyl (C=O) groups excluding carboxylic acids is 1. The third-order valence-electron chi connectivity index (χ3n) is 4.12. The second-order valence-corrected chi connectivity index (χ2v) is 5.44. The Balaban J connectivity index is 2.03. The molecule has 3 heteroatoms. The number of rotatable bonds is 3. The molecule has 0 unspecified atom stereocenters. The van der Waals surface area contributed by atoms with E-state index in [0.717, 1.165) is 12.8 Å². The molecule has 0 saturated carbocycles. The molecule has 108 valence electrons. The number of ether oxygens (including phenoxy) is 1. The number of hydrogen-bond donors (Lipinski definition) is 1. The van der Waals surface area contributed by atoms with Crippen LogP contribution in [-0.4, -0.2) is 12.9 Å². The predicted molar refractivity (Wildman–Crippen MR) is 83.9 cm³/mol. The molecule has 0 fully saturated rings. The van der Waals surface area contributed by atoms with Gasteiger partial charge in [0.1, 0.15) is 5.75 Å². The van der Waals surface area contributed by atoms with Crippen LogP contribution in [0.1, 0.15) is 39.9 Å². The van der Waals surface area contributed by atoms with E-state index in [-0.39, 0.29) is 5.78 Å². The molecular weight excluding hydrogens is 262 g/mol. The van der Waals surface area contributed by atoms with Gasteiger partial charge < -0.3 is 10.5 Å². The summed E-state index contributed by atoms with van der Waals surface area (Å²) in [6.45, 7) is 0. The Hall–Kier alpha value is -2.29. The zero-order valence-electron chi connectivity index (χ0n) is 12.2. The van der Waals surface area contributed by atoms with Gasteiger partial charge in [0, 0.05) is 11.3 Å². The molecule has 1 aliphatic carbocycles. The molecule has 3 rings (SSSR count). The first kappa shape index (κ1) is 13.7. The minimum atomic E-state index is -0.0710. The molecule has 2 aromatic carbocycles. The third kappa shape index (κ3) is 2.51. The first-order valence-electron chi connectivity index (χ1n) is 7.29. The number of nitrogen functional groups attached to an aromatic ring is 1. The first-order chi connectivity index (χ1) is 10.2. The van der Waals surface area contributed by atoms with E-state index in [2.05, 4.69) is 6.07 Å². The molecule has 2 aromatic rings. The minimum absolute atomic E-state index is 0.0710. The Morgan fingerprint density at radius 2 is 1.86 bits per heavy atom. The number of ketones is 1. The zero-order chi connectivity index (χ0) is 14.8. The van der Waals surface area contributed by atoms with E-state index in [9.17, 15) is 4.79 Å². The fraction of sp³-hybridized carbons (Fsp3) is 0.278. The molecule has 0 bridgehead atoms. The maximum absolute atomic E-state index is 12.8. The largest absolute Gasteiger partial charge is 0.496 e. The summed E-state index contributed by atoms with van der Waals surface area (Å²) in [4.78, 5) is 12.8. The van der Waals surface area contributed by atoms with Crippen molar-refractivity contribution in [1.29, 1.82) is 0 Å². The number of fused-ring (bicyclic) bond motifs is 1. The summed E-state index contributed by atoms with van der Waals surface area (Å²) in [5.74, 6) is 0.455. The second-order valence-electron chi connectivity index (χ2n) is 5.44. The Morgan fingerprint density at radius 3 is 2.62 bits per heavy atom. The lowest BCUT2D eigenvalue weighted by molar-refractivity contribution is 0.103. The van der Waals surface area contributed by atoms with E-state index in [0.29, 0.717) is 22.6 Å². The smallest absolute Gasteiger partial charge is 0.198 e. The molecule has 0 saturated heterocycles. The van der Waals surface area contributed by atoms with Crippen LogP contribution in [0.3, 0.4) is 0 Å². The van der Waals surface area contributed by atoms with Crippen molar-refractivity contribution in [2.45, 2.75) is 25.7 Å². The second kappa shape index (κ2) is 5.60. The van der Waals surface area contributed by atoms with Gasteiger partial charge in [0.05, 0.1) is 12.7 Å². The normalized spacial score (nSPS) is 13.6. The van der Waals surface area contributed by atoms with Gasteiger partial charge in [0.2, 0.25) is 0 Å². The molecule has 2 N–H and O–H groups in total. The average molecular weight is 281 g/mol. The molecule has 3 nitrogen and oxygen atoms in total. The summed E-state index contributed by atoms with van der Waals surface area (Å²) in [6.07, 6.45) is 4.60. The zero-order valence-corrected chi connectivity index (χ0v) is 12.2. The summed E-state index contributed by atoms with van der Waals surface area (Å²) in [5.41, 5.74) is 10.2. The van der Waals surface area contributed by atoms with Crippen LogP contribution in [0.2, 0.25) is 0 Å². The number of hydrogen-bond acceptors (Lipinski definition) is 3. The SMILES string of the molecule is COc1cccc(N)c1C(=O)c1ccc2c(c1)CCCC2. The van der Waals surface area contributed by atoms with Gasteiger partial charge in [-0.3, -0.25) is 4.79 Å². The van der Waals surface area contributed by atoms with E-state index < -0.39 is 0 Å². The highest BCUT2D eigenvalue weighted by molar-refractivity contribution is 6.14. The lowest BCUT2D eigenvalue weighted by Crippen LogP contribution is -2.10. The fourth-order valence-corrected chi connectivity index (χ4v) is 2.98. The number of nitrogens with two attached hydrogens (primary N) is 1. The van der Waals surface area contributed by atoms with Crippen LogP contribution in [0.4, 0.5) is 5.69 Å². The summed E-state index contributed by atoms with van der Waals surface area (Å²) < 4.78 is 5.28. The van der Waals surface area contributed by atoms with Crippen molar-refractivity contribution in [3.8, 4) is 5.75 Å². The van der Waals surface area contributed by atoms with Crippen LogP contribution in [0.15, 0.2) is 36.4 Å². The van der Waals surface area contributed by atoms with Crippen molar-refractivity contribution in [2.24, 2.45) is 0 Å². The average Bonchev–Trinajstić information content (AvgIpc) is 2.53. The van der Waals surface area contributed by atoms with E-state index in [1.807, 2.05) is 12.1 Å². The fourth-order valence-electron chi connectivity index (χ4n) is 2.98. The van der Waals surface area contributed by atoms with E-state index in [1.54, 1.807) is 25.3 Å². The van der Waals surface area contributed by atoms with Gasteiger partial charge in [0.25, 0.3) is 0 Å². The molecule has 0 aliphatic heterocycles. The minimum Gasteiger partial charge on any atom is -0.496 e. The summed E-state index contributed by atoms with van der Waals surface area (Å²) in [5, 5.41) is 0. The molecule has 1 aliphatic rings. The van der Waals surface area contributed by atoms with Crippen molar-refractivity contribution in [1.82, 2.24) is 0 Å². The highest BCUT2D eigenvalue weighted by atomic mass is 16.5. The maximum Gasteiger partial charge on any atom is 0.198 e. The summed E-state index contributed by atoms with van der Waals surface area (Å²) >= 11 is 0. The molecule has 0 atom stereocenters. The number of aryl methyl sites for hydroxylation is 2. The highest BCUT2D eigenvalue weighted by Crippen LogP contribution is 2.29. The Bertz CT molecular complexity index is 692. The summed E-state index contributed by atoms with van der Waals surface area (Å²) in [6, 6.07) is 11.3. The summed E-state index contributed by atoms with van der Waals surface area (Å²) in [7, 11) is 1.55. The van der Waals surface area contributed by atoms with Crippen molar-refractivity contribution in [3.63, 3.8) is 0 Å². The van der Waals surface area contributed by atoms with Gasteiger partial charge >= 0.3 is 0 Å². The van der Waals surface area contributed by atoms with Gasteiger partial charge in [-0.2, -0.15) is 0 Å². The molecule has 0 spiro atoms. The van der Waals surface area contributed by atoms with Gasteiger partial charge in [-0.05, 0) is 55.0 Å². The van der Waals surface area contributed by atoms with Gasteiger partial charge in [-0.25, -0.2) is 0 Å². The number of carbonyl (C=O) groups is 1. The van der Waals surface area contributed by atoms with Crippen LogP contribution in [-0.2, 0) is 12.8 Å². The molecular formula is C18H19NO2. The highest BCUT2D eigenvalue weighted by Gasteiger charge is 2.19. The lowest BCUT2D eigenvalue weighted by atomic mass is 9.89. The number of anilines is 1. The number of benzene rings is 2. The van der Waals surface area contributed by atoms with Crippen LogP contribution in [0, 0.1) is 0 Å². The van der Waals surface area contributed by atoms with Crippen LogP contribution in [0.5, 0.6) is 5.75 Å². The Labute approximate surface area is 124 Å². The van der Waals surface area contributed by atoms with Gasteiger partial charge in [-0.15, -0.1) is 0 Å². The monoisotopic (exact) mass is 281 g/mol. The van der Waals surface area contributed by atoms with E-state index in [1.165, 1.54) is 24.0 Å². The predicted octanol–water partition coefficient (Wildman–Crippen LogP) is 3.39. The Morgan fingerprint density at radius 1 is 1.10 bits per heavy atom. The molecule has 0 heterocycles. The van der Waals surface area contributed by atoms with Crippen LogP contribution in [0.25, 0.3) is 0 Å². The van der Waals surface area contributed by atoms with Gasteiger partial charge in [-0.1, -0.05) is 18.2 Å². The standard InChI is InChI=1S/C18H19NO2/c1-21-16-8-4-7-15(19)17(16)18(20)14-10-9-12-5-2-3-6-13(12)11-14/h4,7-11H,2-3,5-6,19H2,1H3. The third-order valence-corrected chi connectivity index (χ3v) is 4.12. The van der Waals surface area contributed by atoms with Crippen LogP contribution >= 0.6 is 0 Å². The topological polar surface area (TPSA) is 52.3 Å². The van der Waals surface area contributed by atoms with Crippen molar-refractivity contribution < 1.29 is 9.53 Å². The first-order valence-corrected chi connectivity index (χ1v) is 7.29. The maximum atomic E-state index is 12.8. The molecule has 0 aromatic heterocycles. The van der Waals surface area contributed by atoms with Crippen molar-refractivity contribution in [3.05, 3.63) is 58.7 Å². The van der Waals surface area contributed by atoms with Crippen molar-refractivity contribution in [2.75, 3.05) is 12.8 Å².